The van der Waals surface area contributed by atoms with Crippen LogP contribution in [0.3, 0.4) is 0 Å². The van der Waals surface area contributed by atoms with Crippen molar-refractivity contribution in [1.29, 1.82) is 0 Å². The Kier molecular flexibility index (Phi) is 12.3. The lowest BCUT2D eigenvalue weighted by Gasteiger charge is -2.59. The zero-order valence-electron chi connectivity index (χ0n) is 35.3. The molecule has 0 aromatic carbocycles. The van der Waals surface area contributed by atoms with E-state index >= 15 is 0 Å². The van der Waals surface area contributed by atoms with Gasteiger partial charge in [0, 0.05) is 77.8 Å². The van der Waals surface area contributed by atoms with Gasteiger partial charge in [-0.1, -0.05) is 6.42 Å². The van der Waals surface area contributed by atoms with Crippen LogP contribution < -0.4 is 0 Å². The Labute approximate surface area is 309 Å². The van der Waals surface area contributed by atoms with Crippen LogP contribution in [-0.2, 0) is 14.2 Å². The summed E-state index contributed by atoms with van der Waals surface area (Å²) in [5.74, 6) is 0. The first-order valence-electron chi connectivity index (χ1n) is 20.8. The first kappa shape index (κ1) is 40.9. The van der Waals surface area contributed by atoms with Crippen molar-refractivity contribution in [1.82, 2.24) is 19.6 Å². The molecule has 8 aliphatic rings. The Morgan fingerprint density at radius 3 is 0.960 bits per heavy atom. The van der Waals surface area contributed by atoms with Crippen LogP contribution in [0.2, 0.25) is 0 Å². The Hall–Kier alpha value is -0.280. The quantitative estimate of drug-likeness (QED) is 0.254. The normalized spacial score (nSPS) is 29.0. The maximum absolute atomic E-state index is 5.40. The van der Waals surface area contributed by atoms with Crippen LogP contribution >= 0.6 is 0 Å². The summed E-state index contributed by atoms with van der Waals surface area (Å²) in [5.41, 5.74) is 4.07. The van der Waals surface area contributed by atoms with Gasteiger partial charge in [-0.2, -0.15) is 0 Å². The molecule has 8 fully saturated rings. The zero-order valence-corrected chi connectivity index (χ0v) is 35.3. The van der Waals surface area contributed by atoms with Crippen molar-refractivity contribution >= 4 is 0 Å². The highest BCUT2D eigenvalue weighted by molar-refractivity contribution is 5.03. The van der Waals surface area contributed by atoms with Crippen LogP contribution in [0.5, 0.6) is 0 Å². The summed E-state index contributed by atoms with van der Waals surface area (Å²) >= 11 is 0. The van der Waals surface area contributed by atoms with E-state index in [1.807, 2.05) is 0 Å². The Morgan fingerprint density at radius 1 is 0.340 bits per heavy atom. The van der Waals surface area contributed by atoms with Gasteiger partial charge in [-0.15, -0.1) is 0 Å². The number of piperidine rings is 2. The number of nitrogens with zero attached hydrogens (tertiary/aromatic N) is 4. The molecule has 7 nitrogen and oxygen atoms in total. The zero-order chi connectivity index (χ0) is 36.7. The van der Waals surface area contributed by atoms with Gasteiger partial charge in [0.25, 0.3) is 0 Å². The van der Waals surface area contributed by atoms with Gasteiger partial charge in [-0.05, 0) is 166 Å². The van der Waals surface area contributed by atoms with Gasteiger partial charge in [0.2, 0.25) is 0 Å². The highest BCUT2D eigenvalue weighted by atomic mass is 16.5. The molecule has 8 rings (SSSR count). The fourth-order valence-corrected chi connectivity index (χ4v) is 9.33. The molecule has 292 valence electrons. The van der Waals surface area contributed by atoms with Gasteiger partial charge in [0.1, 0.15) is 0 Å². The van der Waals surface area contributed by atoms with Crippen molar-refractivity contribution in [2.45, 2.75) is 163 Å². The minimum Gasteiger partial charge on any atom is -0.381 e. The molecule has 0 aromatic heterocycles. The van der Waals surface area contributed by atoms with Crippen LogP contribution in [0.15, 0.2) is 0 Å². The average Bonchev–Trinajstić information content (AvgIpc) is 2.92. The molecule has 0 N–H and O–H groups in total. The molecule has 0 aromatic rings. The highest BCUT2D eigenvalue weighted by Gasteiger charge is 2.51. The third-order valence-corrected chi connectivity index (χ3v) is 14.1. The monoisotopic (exact) mass is 703 g/mol. The molecule has 0 amide bonds. The van der Waals surface area contributed by atoms with Gasteiger partial charge >= 0.3 is 0 Å². The predicted octanol–water partition coefficient (Wildman–Crippen LogP) is 7.96. The summed E-state index contributed by atoms with van der Waals surface area (Å²) in [6, 6.07) is 0. The lowest BCUT2D eigenvalue weighted by Crippen LogP contribution is -2.69. The molecular formula is C43H82N4O3. The average molecular weight is 703 g/mol. The van der Waals surface area contributed by atoms with Crippen molar-refractivity contribution in [3.05, 3.63) is 0 Å². The van der Waals surface area contributed by atoms with E-state index in [0.29, 0.717) is 38.4 Å². The summed E-state index contributed by atoms with van der Waals surface area (Å²) in [7, 11) is 0. The van der Waals surface area contributed by atoms with Gasteiger partial charge in [0.15, 0.2) is 0 Å². The van der Waals surface area contributed by atoms with Gasteiger partial charge < -0.3 is 14.2 Å². The summed E-state index contributed by atoms with van der Waals surface area (Å²) in [4.78, 5) is 10.3. The molecule has 7 heterocycles. The summed E-state index contributed by atoms with van der Waals surface area (Å²) in [6.45, 7) is 44.0. The molecule has 0 unspecified atom stereocenters. The van der Waals surface area contributed by atoms with Crippen molar-refractivity contribution in [2.24, 2.45) is 21.7 Å². The molecule has 0 bridgehead atoms. The second-order valence-electron chi connectivity index (χ2n) is 22.3. The number of hydrogen-bond donors (Lipinski definition) is 0. The third kappa shape index (κ3) is 10.1. The van der Waals surface area contributed by atoms with E-state index < -0.39 is 0 Å². The van der Waals surface area contributed by atoms with E-state index in [2.05, 4.69) is 103 Å². The summed E-state index contributed by atoms with van der Waals surface area (Å²) in [5, 5.41) is 0. The van der Waals surface area contributed by atoms with Crippen molar-refractivity contribution in [3.63, 3.8) is 0 Å². The van der Waals surface area contributed by atoms with E-state index in [1.165, 1.54) is 110 Å². The van der Waals surface area contributed by atoms with Gasteiger partial charge in [0.05, 0.1) is 26.4 Å². The molecule has 0 atom stereocenters. The van der Waals surface area contributed by atoms with E-state index in [4.69, 9.17) is 14.2 Å². The fraction of sp³-hybridized carbons (Fsp3) is 1.00. The Balaban J connectivity index is 0.000000130. The molecule has 7 heteroatoms. The smallest absolute Gasteiger partial charge is 0.0569 e. The first-order chi connectivity index (χ1) is 23.1. The number of ether oxygens (including phenoxy) is 3. The van der Waals surface area contributed by atoms with E-state index in [0.717, 1.165) is 45.1 Å². The third-order valence-electron chi connectivity index (χ3n) is 14.1. The van der Waals surface area contributed by atoms with Crippen molar-refractivity contribution < 1.29 is 14.2 Å². The Morgan fingerprint density at radius 2 is 0.680 bits per heavy atom. The maximum atomic E-state index is 5.40. The highest BCUT2D eigenvalue weighted by Crippen LogP contribution is 2.49. The number of hydrogen-bond acceptors (Lipinski definition) is 7. The topological polar surface area (TPSA) is 40.6 Å². The Bertz CT molecular complexity index is 997. The SMILES string of the molecule is CC(C)(C)N1CC2(CCOCC2)C1.CC(C)(C)N1CC2(COC2)C1.CC(C)(C)N1CCC2(CC1)COC2.CC(C)(C)N1CCC2(CCC2)CC1. The lowest BCUT2D eigenvalue weighted by atomic mass is 9.63. The summed E-state index contributed by atoms with van der Waals surface area (Å²) < 4.78 is 15.9. The lowest BCUT2D eigenvalue weighted by molar-refractivity contribution is -0.207. The van der Waals surface area contributed by atoms with Crippen LogP contribution in [0.4, 0.5) is 0 Å². The second kappa shape index (κ2) is 15.1. The second-order valence-corrected chi connectivity index (χ2v) is 22.3. The number of likely N-dealkylation sites (tertiary alicyclic amines) is 4. The standard InChI is InChI=1S/C12H23N.2C11H21NO.C9H17NO/c1-11(2,3)13-9-7-12(8-10-13)5-4-6-12;1-10(2,3)12-8-11(9-12)4-6-13-7-5-11;1-10(2,3)12-6-4-11(5-7-12)8-13-9-11;1-8(2,3)10-4-9(5-10)6-11-7-9/h4-10H2,1-3H3;2*4-9H2,1-3H3;4-7H2,1-3H3. The molecule has 4 spiro atoms. The predicted molar refractivity (Wildman–Crippen MR) is 209 cm³/mol. The van der Waals surface area contributed by atoms with Crippen molar-refractivity contribution in [3.8, 4) is 0 Å². The van der Waals surface area contributed by atoms with E-state index in [9.17, 15) is 0 Å². The van der Waals surface area contributed by atoms with Crippen LogP contribution in [-0.4, -0.2) is 134 Å². The molecular weight excluding hydrogens is 620 g/mol. The molecule has 1 saturated carbocycles. The van der Waals surface area contributed by atoms with Crippen LogP contribution in [0.25, 0.3) is 0 Å². The maximum Gasteiger partial charge on any atom is 0.0569 e. The van der Waals surface area contributed by atoms with Crippen LogP contribution in [0, 0.1) is 21.7 Å². The molecule has 7 saturated heterocycles. The molecule has 0 radical (unpaired) electrons. The minimum atomic E-state index is 0.353. The number of rotatable bonds is 0. The minimum absolute atomic E-state index is 0.353. The van der Waals surface area contributed by atoms with Crippen molar-refractivity contribution in [2.75, 3.05) is 92.0 Å². The molecule has 50 heavy (non-hydrogen) atoms. The largest absolute Gasteiger partial charge is 0.381 e. The van der Waals surface area contributed by atoms with E-state index in [-0.39, 0.29) is 0 Å². The van der Waals surface area contributed by atoms with E-state index in [1.54, 1.807) is 0 Å². The molecule has 7 aliphatic heterocycles. The molecule has 1 aliphatic carbocycles. The summed E-state index contributed by atoms with van der Waals surface area (Å²) in [6.07, 6.45) is 12.7. The van der Waals surface area contributed by atoms with Gasteiger partial charge in [-0.25, -0.2) is 0 Å². The fourth-order valence-electron chi connectivity index (χ4n) is 9.33. The first-order valence-corrected chi connectivity index (χ1v) is 20.8. The van der Waals surface area contributed by atoms with Gasteiger partial charge in [-0.3, -0.25) is 19.6 Å². The van der Waals surface area contributed by atoms with Crippen LogP contribution in [0.1, 0.15) is 141 Å².